The van der Waals surface area contributed by atoms with E-state index in [1.807, 2.05) is 97.1 Å². The van der Waals surface area contributed by atoms with Crippen LogP contribution in [0.4, 0.5) is 0 Å². The molecule has 0 aromatic heterocycles. The van der Waals surface area contributed by atoms with Crippen LogP contribution in [-0.4, -0.2) is 0 Å². The van der Waals surface area contributed by atoms with Gasteiger partial charge in [0.05, 0.1) is 0 Å². The number of hydrogen-bond donors (Lipinski definition) is 0. The molecule has 0 radical (unpaired) electrons. The predicted molar refractivity (Wildman–Crippen MR) is 113 cm³/mol. The van der Waals surface area contributed by atoms with Gasteiger partial charge in [-0.05, 0) is 0 Å². The van der Waals surface area contributed by atoms with E-state index in [2.05, 4.69) is 38.1 Å². The Morgan fingerprint density at radius 2 is 1.00 bits per heavy atom. The summed E-state index contributed by atoms with van der Waals surface area (Å²) >= 11 is 0. The zero-order valence-corrected chi connectivity index (χ0v) is 17.9. The van der Waals surface area contributed by atoms with E-state index < -0.39 is 0 Å². The summed E-state index contributed by atoms with van der Waals surface area (Å²) in [6.07, 6.45) is 2.22. The minimum atomic E-state index is 0. The smallest absolute Gasteiger partial charge is 0.214 e. The average molecular weight is 388 g/mol. The van der Waals surface area contributed by atoms with Crippen LogP contribution in [0.2, 0.25) is 0 Å². The van der Waals surface area contributed by atoms with Crippen LogP contribution < -0.4 is 0 Å². The predicted octanol–water partition coefficient (Wildman–Crippen LogP) is 6.91. The molecule has 0 saturated heterocycles. The quantitative estimate of drug-likeness (QED) is 0.259. The van der Waals surface area contributed by atoms with Gasteiger partial charge in [0.15, 0.2) is 0 Å². The Morgan fingerprint density at radius 3 is 1.15 bits per heavy atom. The van der Waals surface area contributed by atoms with Crippen molar-refractivity contribution < 1.29 is 21.7 Å². The monoisotopic (exact) mass is 388 g/mol. The fourth-order valence-corrected chi connectivity index (χ4v) is 1.94. The van der Waals surface area contributed by atoms with E-state index in [0.29, 0.717) is 0 Å². The molecule has 136 valence electrons. The second-order valence-electron chi connectivity index (χ2n) is 5.46. The van der Waals surface area contributed by atoms with Crippen LogP contribution in [0.25, 0.3) is 0 Å². The maximum atomic E-state index is 3.01. The Balaban J connectivity index is 0.000000337. The van der Waals surface area contributed by atoms with Gasteiger partial charge in [0, 0.05) is 0 Å². The molecule has 4 aromatic carbocycles. The first kappa shape index (κ1) is 24.9. The van der Waals surface area contributed by atoms with Crippen molar-refractivity contribution in [3.8, 4) is 0 Å². The molecule has 1 heteroatoms. The third-order valence-electron chi connectivity index (χ3n) is 3.47. The molecule has 0 heterocycles. The fraction of sp³-hybridized carbons (Fsp3) is 0.154. The zero-order chi connectivity index (χ0) is 18.7. The molecular weight excluding hydrogens is 360 g/mol. The summed E-state index contributed by atoms with van der Waals surface area (Å²) in [5.41, 5.74) is 2.71. The van der Waals surface area contributed by atoms with Crippen LogP contribution in [0.1, 0.15) is 25.0 Å². The molecule has 0 aliphatic rings. The van der Waals surface area contributed by atoms with E-state index in [4.69, 9.17) is 0 Å². The molecule has 27 heavy (non-hydrogen) atoms. The summed E-state index contributed by atoms with van der Waals surface area (Å²) in [6, 6.07) is 42.1. The van der Waals surface area contributed by atoms with Gasteiger partial charge in [0.2, 0.25) is 0 Å². The molecule has 0 unspecified atom stereocenters. The fourth-order valence-electron chi connectivity index (χ4n) is 1.94. The second-order valence-corrected chi connectivity index (χ2v) is 5.46. The molecular formula is C26H28Ti. The van der Waals surface area contributed by atoms with E-state index >= 15 is 0 Å². The van der Waals surface area contributed by atoms with Gasteiger partial charge in [0.25, 0.3) is 0 Å². The van der Waals surface area contributed by atoms with E-state index in [9.17, 15) is 0 Å². The Morgan fingerprint density at radius 1 is 0.630 bits per heavy atom. The molecule has 0 amide bonds. The first-order valence-corrected chi connectivity index (χ1v) is 9.10. The number of aryl methyl sites for hydroxylation is 2. The maximum Gasteiger partial charge on any atom is 4.00 e. The molecule has 0 N–H and O–H groups in total. The van der Waals surface area contributed by atoms with Crippen LogP contribution in [-0.2, 0) is 34.6 Å². The second kappa shape index (κ2) is 18.6. The molecule has 4 aromatic rings. The summed E-state index contributed by atoms with van der Waals surface area (Å²) in [7, 11) is 0. The van der Waals surface area contributed by atoms with Crippen molar-refractivity contribution in [3.05, 3.63) is 132 Å². The summed E-state index contributed by atoms with van der Waals surface area (Å²) in [4.78, 5) is 0. The van der Waals surface area contributed by atoms with Gasteiger partial charge in [0.1, 0.15) is 0 Å². The molecule has 0 atom stereocenters. The summed E-state index contributed by atoms with van der Waals surface area (Å²) < 4.78 is 0. The van der Waals surface area contributed by atoms with Crippen LogP contribution in [0, 0.1) is 12.1 Å². The van der Waals surface area contributed by atoms with Crippen LogP contribution in [0.5, 0.6) is 0 Å². The van der Waals surface area contributed by atoms with E-state index in [1.165, 1.54) is 11.1 Å². The van der Waals surface area contributed by atoms with Crippen molar-refractivity contribution in [1.29, 1.82) is 0 Å². The molecule has 0 aliphatic heterocycles. The van der Waals surface area contributed by atoms with Gasteiger partial charge < -0.3 is 0 Å². The molecule has 0 nitrogen and oxygen atoms in total. The first-order valence-electron chi connectivity index (χ1n) is 9.10. The normalized spacial score (nSPS) is 8.37. The number of rotatable bonds is 2. The number of hydrogen-bond acceptors (Lipinski definition) is 0. The van der Waals surface area contributed by atoms with Gasteiger partial charge in [-0.25, -0.2) is 24.3 Å². The van der Waals surface area contributed by atoms with Crippen molar-refractivity contribution in [3.63, 3.8) is 0 Å². The van der Waals surface area contributed by atoms with Crippen molar-refractivity contribution in [1.82, 2.24) is 0 Å². The Kier molecular flexibility index (Phi) is 17.2. The Hall–Kier alpha value is -2.15. The van der Waals surface area contributed by atoms with Crippen molar-refractivity contribution >= 4 is 0 Å². The van der Waals surface area contributed by atoms with Gasteiger partial charge in [-0.1, -0.05) is 26.7 Å². The molecule has 4 rings (SSSR count). The summed E-state index contributed by atoms with van der Waals surface area (Å²) in [6.45, 7) is 4.28. The minimum Gasteiger partial charge on any atom is -0.214 e. The molecule has 0 saturated carbocycles. The standard InChI is InChI=1S/2C8H9.2C5H5.Ti/c2*1-2-8-6-4-3-5-7-8;2*1-2-4-5-3-1;/h2*3-4,6-7H,2H2,1H3;2*1-5H;/q4*-1;+4. The van der Waals surface area contributed by atoms with Crippen molar-refractivity contribution in [2.24, 2.45) is 0 Å². The molecule has 0 fully saturated rings. The maximum absolute atomic E-state index is 3.01. The van der Waals surface area contributed by atoms with Gasteiger partial charge >= 0.3 is 21.7 Å². The minimum absolute atomic E-state index is 0. The molecule has 0 aliphatic carbocycles. The Bertz CT molecular complexity index is 595. The average Bonchev–Trinajstić information content (AvgIpc) is 3.48. The van der Waals surface area contributed by atoms with Crippen LogP contribution >= 0.6 is 0 Å². The van der Waals surface area contributed by atoms with E-state index in [1.54, 1.807) is 0 Å². The van der Waals surface area contributed by atoms with E-state index in [0.717, 1.165) is 12.8 Å². The first-order chi connectivity index (χ1) is 12.9. The zero-order valence-electron chi connectivity index (χ0n) is 16.3. The molecule has 0 spiro atoms. The topological polar surface area (TPSA) is 0 Å². The SMILES string of the molecule is CCc1c[c-]ccc1.CCc1c[c-]ccc1.[Ti+4].c1cc[cH-]c1.c1cc[cH-]c1. The van der Waals surface area contributed by atoms with E-state index in [-0.39, 0.29) is 21.7 Å². The van der Waals surface area contributed by atoms with Crippen LogP contribution in [0.15, 0.2) is 109 Å². The van der Waals surface area contributed by atoms with Gasteiger partial charge in [-0.15, -0.1) is 0 Å². The summed E-state index contributed by atoms with van der Waals surface area (Å²) in [5, 5.41) is 0. The molecule has 0 bridgehead atoms. The summed E-state index contributed by atoms with van der Waals surface area (Å²) in [5.74, 6) is 0. The Labute approximate surface area is 180 Å². The van der Waals surface area contributed by atoms with Crippen molar-refractivity contribution in [2.75, 3.05) is 0 Å². The third-order valence-corrected chi connectivity index (χ3v) is 3.47. The largest absolute Gasteiger partial charge is 4.00 e. The van der Waals surface area contributed by atoms with Gasteiger partial charge in [-0.2, -0.15) is 108 Å². The number of benzene rings is 2. The third kappa shape index (κ3) is 14.7. The van der Waals surface area contributed by atoms with Crippen LogP contribution in [0.3, 0.4) is 0 Å². The van der Waals surface area contributed by atoms with Crippen molar-refractivity contribution in [2.45, 2.75) is 26.7 Å². The van der Waals surface area contributed by atoms with Gasteiger partial charge in [-0.3, -0.25) is 0 Å².